The van der Waals surface area contributed by atoms with Crippen LogP contribution in [0.5, 0.6) is 0 Å². The standard InChI is InChI=1S/C18H25FN2/c1-14(2)16-7-10-21(11-8-16)13-15-5-6-18(19)17(12-15)4-3-9-20/h5-6,12,14,16H,7-11,13,20H2,1-2H3. The van der Waals surface area contributed by atoms with Crippen LogP contribution in [0.1, 0.15) is 37.8 Å². The summed E-state index contributed by atoms with van der Waals surface area (Å²) in [7, 11) is 0. The zero-order valence-corrected chi connectivity index (χ0v) is 13.0. The van der Waals surface area contributed by atoms with Crippen molar-refractivity contribution in [1.29, 1.82) is 0 Å². The predicted molar refractivity (Wildman–Crippen MR) is 85.2 cm³/mol. The molecular formula is C18H25FN2. The minimum atomic E-state index is -0.266. The van der Waals surface area contributed by atoms with Crippen LogP contribution in [0, 0.1) is 29.5 Å². The highest BCUT2D eigenvalue weighted by Crippen LogP contribution is 2.25. The number of nitrogens with zero attached hydrogens (tertiary/aromatic N) is 1. The van der Waals surface area contributed by atoms with E-state index in [-0.39, 0.29) is 12.4 Å². The van der Waals surface area contributed by atoms with E-state index in [0.29, 0.717) is 5.56 Å². The Kier molecular flexibility index (Phi) is 5.78. The van der Waals surface area contributed by atoms with Gasteiger partial charge in [-0.15, -0.1) is 0 Å². The molecule has 0 saturated carbocycles. The summed E-state index contributed by atoms with van der Waals surface area (Å²) in [6.07, 6.45) is 2.53. The summed E-state index contributed by atoms with van der Waals surface area (Å²) in [5.74, 6) is 6.88. The molecule has 0 aromatic heterocycles. The van der Waals surface area contributed by atoms with Crippen molar-refractivity contribution in [2.45, 2.75) is 33.2 Å². The normalized spacial score (nSPS) is 16.8. The maximum atomic E-state index is 13.7. The quantitative estimate of drug-likeness (QED) is 0.866. The maximum absolute atomic E-state index is 13.7. The molecule has 1 fully saturated rings. The minimum absolute atomic E-state index is 0.256. The molecule has 2 rings (SSSR count). The van der Waals surface area contributed by atoms with Crippen molar-refractivity contribution in [3.8, 4) is 11.8 Å². The largest absolute Gasteiger partial charge is 0.320 e. The van der Waals surface area contributed by atoms with Gasteiger partial charge in [0.15, 0.2) is 0 Å². The first-order valence-electron chi connectivity index (χ1n) is 7.80. The molecule has 21 heavy (non-hydrogen) atoms. The predicted octanol–water partition coefficient (Wildman–Crippen LogP) is 3.00. The second kappa shape index (κ2) is 7.59. The minimum Gasteiger partial charge on any atom is -0.320 e. The Morgan fingerprint density at radius 3 is 2.67 bits per heavy atom. The lowest BCUT2D eigenvalue weighted by atomic mass is 9.86. The van der Waals surface area contributed by atoms with Crippen LogP contribution in [0.15, 0.2) is 18.2 Å². The van der Waals surface area contributed by atoms with Crippen molar-refractivity contribution in [2.75, 3.05) is 19.6 Å². The smallest absolute Gasteiger partial charge is 0.138 e. The molecule has 114 valence electrons. The van der Waals surface area contributed by atoms with Crippen molar-refractivity contribution < 1.29 is 4.39 Å². The van der Waals surface area contributed by atoms with Gasteiger partial charge in [0.1, 0.15) is 5.82 Å². The molecule has 1 aliphatic heterocycles. The molecule has 0 amide bonds. The second-order valence-electron chi connectivity index (χ2n) is 6.18. The van der Waals surface area contributed by atoms with Gasteiger partial charge in [0.25, 0.3) is 0 Å². The van der Waals surface area contributed by atoms with Crippen molar-refractivity contribution in [1.82, 2.24) is 4.90 Å². The first kappa shape index (κ1) is 16.0. The highest BCUT2D eigenvalue weighted by molar-refractivity contribution is 5.38. The van der Waals surface area contributed by atoms with Gasteiger partial charge in [-0.3, -0.25) is 4.90 Å². The molecule has 1 heterocycles. The van der Waals surface area contributed by atoms with E-state index in [9.17, 15) is 4.39 Å². The fraction of sp³-hybridized carbons (Fsp3) is 0.556. The third-order valence-corrected chi connectivity index (χ3v) is 4.34. The highest BCUT2D eigenvalue weighted by atomic mass is 19.1. The van der Waals surface area contributed by atoms with Crippen molar-refractivity contribution in [3.05, 3.63) is 35.1 Å². The van der Waals surface area contributed by atoms with Crippen LogP contribution in [0.25, 0.3) is 0 Å². The number of hydrogen-bond donors (Lipinski definition) is 1. The number of piperidine rings is 1. The summed E-state index contributed by atoms with van der Waals surface area (Å²) < 4.78 is 13.7. The summed E-state index contributed by atoms with van der Waals surface area (Å²) in [6.45, 7) is 8.01. The molecule has 1 aliphatic rings. The number of benzene rings is 1. The average molecular weight is 288 g/mol. The molecule has 2 nitrogen and oxygen atoms in total. The Labute approximate surface area is 127 Å². The first-order chi connectivity index (χ1) is 10.1. The molecule has 0 atom stereocenters. The molecule has 0 aliphatic carbocycles. The van der Waals surface area contributed by atoms with Crippen molar-refractivity contribution in [2.24, 2.45) is 17.6 Å². The molecule has 2 N–H and O–H groups in total. The van der Waals surface area contributed by atoms with Crippen LogP contribution >= 0.6 is 0 Å². The second-order valence-corrected chi connectivity index (χ2v) is 6.18. The summed E-state index contributed by atoms with van der Waals surface area (Å²) >= 11 is 0. The van der Waals surface area contributed by atoms with Crippen LogP contribution in [-0.4, -0.2) is 24.5 Å². The lowest BCUT2D eigenvalue weighted by molar-refractivity contribution is 0.152. The SMILES string of the molecule is CC(C)C1CCN(Cc2ccc(F)c(C#CCN)c2)CC1. The van der Waals surface area contributed by atoms with Gasteiger partial charge in [-0.2, -0.15) is 0 Å². The lowest BCUT2D eigenvalue weighted by Gasteiger charge is -2.33. The third-order valence-electron chi connectivity index (χ3n) is 4.34. The first-order valence-corrected chi connectivity index (χ1v) is 7.80. The maximum Gasteiger partial charge on any atom is 0.138 e. The van der Waals surface area contributed by atoms with Crippen LogP contribution in [-0.2, 0) is 6.54 Å². The van der Waals surface area contributed by atoms with Crippen LogP contribution in [0.3, 0.4) is 0 Å². The molecule has 1 aromatic carbocycles. The van der Waals surface area contributed by atoms with Gasteiger partial charge >= 0.3 is 0 Å². The Morgan fingerprint density at radius 2 is 2.05 bits per heavy atom. The molecule has 1 aromatic rings. The zero-order chi connectivity index (χ0) is 15.2. The summed E-state index contributed by atoms with van der Waals surface area (Å²) in [5, 5.41) is 0. The molecular weight excluding hydrogens is 263 g/mol. The molecule has 0 radical (unpaired) electrons. The summed E-state index contributed by atoms with van der Waals surface area (Å²) in [4.78, 5) is 2.45. The van der Waals surface area contributed by atoms with Crippen molar-refractivity contribution in [3.63, 3.8) is 0 Å². The number of hydrogen-bond acceptors (Lipinski definition) is 2. The Morgan fingerprint density at radius 1 is 1.33 bits per heavy atom. The number of rotatable bonds is 3. The third kappa shape index (κ3) is 4.56. The van der Waals surface area contributed by atoms with E-state index in [4.69, 9.17) is 5.73 Å². The van der Waals surface area contributed by atoms with Gasteiger partial charge in [0.2, 0.25) is 0 Å². The monoisotopic (exact) mass is 288 g/mol. The highest BCUT2D eigenvalue weighted by Gasteiger charge is 2.21. The summed E-state index contributed by atoms with van der Waals surface area (Å²) in [5.41, 5.74) is 6.93. The van der Waals surface area contributed by atoms with E-state index in [0.717, 1.165) is 37.0 Å². The van der Waals surface area contributed by atoms with Crippen LogP contribution in [0.2, 0.25) is 0 Å². The van der Waals surface area contributed by atoms with E-state index in [1.54, 1.807) is 0 Å². The van der Waals surface area contributed by atoms with Gasteiger partial charge < -0.3 is 5.73 Å². The van der Waals surface area contributed by atoms with E-state index in [1.165, 1.54) is 18.9 Å². The summed E-state index contributed by atoms with van der Waals surface area (Å²) in [6, 6.07) is 5.22. The van der Waals surface area contributed by atoms with Gasteiger partial charge in [0, 0.05) is 6.54 Å². The number of halogens is 1. The number of nitrogens with two attached hydrogens (primary N) is 1. The van der Waals surface area contributed by atoms with Crippen molar-refractivity contribution >= 4 is 0 Å². The molecule has 0 spiro atoms. The Bertz CT molecular complexity index is 520. The molecule has 3 heteroatoms. The topological polar surface area (TPSA) is 29.3 Å². The van der Waals surface area contributed by atoms with Gasteiger partial charge in [0.05, 0.1) is 12.1 Å². The van der Waals surface area contributed by atoms with E-state index in [2.05, 4.69) is 30.6 Å². The zero-order valence-electron chi connectivity index (χ0n) is 13.0. The Balaban J connectivity index is 1.98. The van der Waals surface area contributed by atoms with E-state index >= 15 is 0 Å². The molecule has 1 saturated heterocycles. The Hall–Kier alpha value is -1.37. The fourth-order valence-electron chi connectivity index (χ4n) is 2.95. The van der Waals surface area contributed by atoms with E-state index in [1.807, 2.05) is 12.1 Å². The van der Waals surface area contributed by atoms with Gasteiger partial charge in [-0.05, 0) is 55.5 Å². The van der Waals surface area contributed by atoms with E-state index < -0.39 is 0 Å². The van der Waals surface area contributed by atoms with Gasteiger partial charge in [-0.25, -0.2) is 4.39 Å². The number of likely N-dealkylation sites (tertiary alicyclic amines) is 1. The fourth-order valence-corrected chi connectivity index (χ4v) is 2.95. The lowest BCUT2D eigenvalue weighted by Crippen LogP contribution is -2.34. The molecule has 0 unspecified atom stereocenters. The van der Waals surface area contributed by atoms with Gasteiger partial charge in [-0.1, -0.05) is 31.8 Å². The average Bonchev–Trinajstić information content (AvgIpc) is 2.48. The molecule has 0 bridgehead atoms. The van der Waals surface area contributed by atoms with Crippen LogP contribution < -0.4 is 5.73 Å². The van der Waals surface area contributed by atoms with Crippen LogP contribution in [0.4, 0.5) is 4.39 Å².